The molecule has 0 atom stereocenters. The van der Waals surface area contributed by atoms with E-state index < -0.39 is 22.5 Å². The van der Waals surface area contributed by atoms with E-state index in [4.69, 9.17) is 32.7 Å². The van der Waals surface area contributed by atoms with E-state index in [0.29, 0.717) is 21.5 Å². The number of sulfonamides is 1. The zero-order valence-corrected chi connectivity index (χ0v) is 24.4. The van der Waals surface area contributed by atoms with Crippen LogP contribution in [-0.4, -0.2) is 40.8 Å². The third-order valence-electron chi connectivity index (χ3n) is 5.03. The van der Waals surface area contributed by atoms with Crippen LogP contribution in [0.5, 0.6) is 11.5 Å². The van der Waals surface area contributed by atoms with Crippen LogP contribution in [0.1, 0.15) is 11.1 Å². The zero-order chi connectivity index (χ0) is 27.9. The van der Waals surface area contributed by atoms with Crippen molar-refractivity contribution in [1.29, 1.82) is 0 Å². The monoisotopic (exact) mass is 639 g/mol. The van der Waals surface area contributed by atoms with Crippen LogP contribution in [-0.2, 0) is 14.8 Å². The van der Waals surface area contributed by atoms with E-state index in [-0.39, 0.29) is 27.2 Å². The molecule has 0 heterocycles. The number of nitrogens with one attached hydrogen (secondary N) is 1. The summed E-state index contributed by atoms with van der Waals surface area (Å²) in [6.45, 7) is 5.17. The molecule has 0 unspecified atom stereocenters. The first-order valence-electron chi connectivity index (χ1n) is 11.0. The molecule has 200 valence electrons. The molecule has 1 amide bonds. The average molecular weight is 641 g/mol. The van der Waals surface area contributed by atoms with Crippen molar-refractivity contribution in [1.82, 2.24) is 5.43 Å². The third kappa shape index (κ3) is 7.50. The van der Waals surface area contributed by atoms with Crippen molar-refractivity contribution in [3.8, 4) is 11.5 Å². The summed E-state index contributed by atoms with van der Waals surface area (Å²) in [7, 11) is -2.65. The molecular weight excluding hydrogens is 617 g/mol. The molecule has 0 aromatic heterocycles. The second kappa shape index (κ2) is 13.1. The molecule has 0 saturated carbocycles. The molecule has 3 rings (SSSR count). The van der Waals surface area contributed by atoms with E-state index in [0.717, 1.165) is 9.87 Å². The van der Waals surface area contributed by atoms with Gasteiger partial charge < -0.3 is 9.47 Å². The van der Waals surface area contributed by atoms with Crippen molar-refractivity contribution >= 4 is 67.0 Å². The highest BCUT2D eigenvalue weighted by molar-refractivity contribution is 9.10. The third-order valence-corrected chi connectivity index (χ3v) is 7.85. The number of carbonyl (C=O) groups excluding carboxylic acids is 1. The highest BCUT2D eigenvalue weighted by Crippen LogP contribution is 2.36. The van der Waals surface area contributed by atoms with Gasteiger partial charge in [0.1, 0.15) is 13.2 Å². The van der Waals surface area contributed by atoms with Gasteiger partial charge in [0.05, 0.1) is 28.4 Å². The molecule has 0 aliphatic rings. The minimum Gasteiger partial charge on any atom is -0.493 e. The molecule has 12 heteroatoms. The van der Waals surface area contributed by atoms with Crippen LogP contribution < -0.4 is 19.2 Å². The highest BCUT2D eigenvalue weighted by atomic mass is 79.9. The van der Waals surface area contributed by atoms with E-state index in [1.54, 1.807) is 30.3 Å². The first kappa shape index (κ1) is 29.5. The van der Waals surface area contributed by atoms with Crippen LogP contribution in [0.3, 0.4) is 0 Å². The van der Waals surface area contributed by atoms with E-state index >= 15 is 0 Å². The molecule has 3 aromatic carbocycles. The lowest BCUT2D eigenvalue weighted by Gasteiger charge is -2.24. The number of amides is 1. The Bertz CT molecular complexity index is 1440. The van der Waals surface area contributed by atoms with Crippen molar-refractivity contribution in [2.24, 2.45) is 5.10 Å². The SMILES string of the molecule is C=CCOc1c(Br)cc(/C=N\NC(=O)CN(c2cc(Cl)cc(Cl)c2)S(=O)(=O)c2ccc(C)cc2)cc1OC. The van der Waals surface area contributed by atoms with Crippen LogP contribution in [0, 0.1) is 6.92 Å². The van der Waals surface area contributed by atoms with Crippen molar-refractivity contribution in [2.45, 2.75) is 11.8 Å². The summed E-state index contributed by atoms with van der Waals surface area (Å²) in [5, 5.41) is 4.40. The van der Waals surface area contributed by atoms with Crippen LogP contribution in [0.25, 0.3) is 0 Å². The van der Waals surface area contributed by atoms with Crippen molar-refractivity contribution in [3.63, 3.8) is 0 Å². The van der Waals surface area contributed by atoms with Crippen molar-refractivity contribution in [3.05, 3.63) is 92.9 Å². The Kier molecular flexibility index (Phi) is 10.2. The maximum absolute atomic E-state index is 13.5. The molecular formula is C26H24BrCl2N3O5S. The maximum atomic E-state index is 13.5. The van der Waals surface area contributed by atoms with Gasteiger partial charge in [0.25, 0.3) is 15.9 Å². The predicted molar refractivity (Wildman–Crippen MR) is 154 cm³/mol. The summed E-state index contributed by atoms with van der Waals surface area (Å²) >= 11 is 15.7. The molecule has 0 saturated heterocycles. The predicted octanol–water partition coefficient (Wildman–Crippen LogP) is 5.98. The zero-order valence-electron chi connectivity index (χ0n) is 20.4. The number of methoxy groups -OCH3 is 1. The van der Waals surface area contributed by atoms with Gasteiger partial charge in [-0.2, -0.15) is 5.10 Å². The summed E-state index contributed by atoms with van der Waals surface area (Å²) in [6, 6.07) is 13.9. The second-order valence-electron chi connectivity index (χ2n) is 7.88. The summed E-state index contributed by atoms with van der Waals surface area (Å²) in [5.74, 6) is 0.248. The average Bonchev–Trinajstić information content (AvgIpc) is 2.86. The van der Waals surface area contributed by atoms with Gasteiger partial charge in [-0.05, 0) is 70.9 Å². The molecule has 0 bridgehead atoms. The van der Waals surface area contributed by atoms with E-state index in [9.17, 15) is 13.2 Å². The second-order valence-corrected chi connectivity index (χ2v) is 11.5. The molecule has 3 aromatic rings. The molecule has 0 aliphatic carbocycles. The minimum atomic E-state index is -4.14. The molecule has 0 spiro atoms. The van der Waals surface area contributed by atoms with E-state index in [1.807, 2.05) is 6.92 Å². The highest BCUT2D eigenvalue weighted by Gasteiger charge is 2.27. The molecule has 0 aliphatic heterocycles. The van der Waals surface area contributed by atoms with Gasteiger partial charge in [0.15, 0.2) is 11.5 Å². The standard InChI is InChI=1S/C26H24BrCl2N3O5S/c1-4-9-37-26-23(27)10-18(11-24(26)36-3)15-30-31-25(33)16-32(21-13-19(28)12-20(29)14-21)38(34,35)22-7-5-17(2)6-8-22/h4-8,10-15H,1,9,16H2,2-3H3,(H,31,33)/b30-15-. The first-order valence-corrected chi connectivity index (χ1v) is 14.0. The largest absolute Gasteiger partial charge is 0.493 e. The Balaban J connectivity index is 1.85. The van der Waals surface area contributed by atoms with Gasteiger partial charge >= 0.3 is 0 Å². The lowest BCUT2D eigenvalue weighted by Crippen LogP contribution is -2.39. The molecule has 38 heavy (non-hydrogen) atoms. The van der Waals surface area contributed by atoms with Gasteiger partial charge in [-0.15, -0.1) is 0 Å². The minimum absolute atomic E-state index is 0.00575. The number of benzene rings is 3. The molecule has 0 fully saturated rings. The molecule has 0 radical (unpaired) electrons. The first-order chi connectivity index (χ1) is 18.0. The van der Waals surface area contributed by atoms with E-state index in [2.05, 4.69) is 33.0 Å². The number of rotatable bonds is 11. The number of hydrogen-bond acceptors (Lipinski definition) is 6. The number of carbonyl (C=O) groups is 1. The van der Waals surface area contributed by atoms with Crippen LogP contribution >= 0.6 is 39.1 Å². The van der Waals surface area contributed by atoms with Gasteiger partial charge in [-0.1, -0.05) is 53.6 Å². The number of hydrazone groups is 1. The Morgan fingerprint density at radius 1 is 1.13 bits per heavy atom. The van der Waals surface area contributed by atoms with Crippen molar-refractivity contribution in [2.75, 3.05) is 24.6 Å². The fraction of sp³-hybridized carbons (Fsp3) is 0.154. The van der Waals surface area contributed by atoms with Crippen LogP contribution in [0.4, 0.5) is 5.69 Å². The lowest BCUT2D eigenvalue weighted by molar-refractivity contribution is -0.119. The summed E-state index contributed by atoms with van der Waals surface area (Å²) in [5.41, 5.74) is 3.96. The fourth-order valence-electron chi connectivity index (χ4n) is 3.28. The number of ether oxygens (including phenoxy) is 2. The smallest absolute Gasteiger partial charge is 0.264 e. The molecule has 1 N–H and O–H groups in total. The lowest BCUT2D eigenvalue weighted by atomic mass is 10.2. The Hall–Kier alpha value is -3.05. The number of halogens is 3. The van der Waals surface area contributed by atoms with Gasteiger partial charge in [0.2, 0.25) is 0 Å². The molecule has 8 nitrogen and oxygen atoms in total. The fourth-order valence-corrected chi connectivity index (χ4v) is 5.77. The van der Waals surface area contributed by atoms with E-state index in [1.165, 1.54) is 43.7 Å². The van der Waals surface area contributed by atoms with Gasteiger partial charge in [-0.3, -0.25) is 9.10 Å². The van der Waals surface area contributed by atoms with Crippen molar-refractivity contribution < 1.29 is 22.7 Å². The van der Waals surface area contributed by atoms with Gasteiger partial charge in [0, 0.05) is 10.0 Å². The number of aryl methyl sites for hydroxylation is 1. The maximum Gasteiger partial charge on any atom is 0.264 e. The normalized spacial score (nSPS) is 11.3. The Labute approximate surface area is 240 Å². The number of nitrogens with zero attached hydrogens (tertiary/aromatic N) is 2. The summed E-state index contributed by atoms with van der Waals surface area (Å²) < 4.78 is 39.5. The summed E-state index contributed by atoms with van der Waals surface area (Å²) in [4.78, 5) is 12.8. The number of hydrogen-bond donors (Lipinski definition) is 1. The Morgan fingerprint density at radius 2 is 1.79 bits per heavy atom. The summed E-state index contributed by atoms with van der Waals surface area (Å²) in [6.07, 6.45) is 2.99. The quantitative estimate of drug-likeness (QED) is 0.158. The van der Waals surface area contributed by atoms with Gasteiger partial charge in [-0.25, -0.2) is 13.8 Å². The van der Waals surface area contributed by atoms with Crippen LogP contribution in [0.2, 0.25) is 10.0 Å². The number of anilines is 1. The van der Waals surface area contributed by atoms with Crippen LogP contribution in [0.15, 0.2) is 81.7 Å². The Morgan fingerprint density at radius 3 is 2.39 bits per heavy atom. The topological polar surface area (TPSA) is 97.3 Å².